The van der Waals surface area contributed by atoms with Gasteiger partial charge in [-0.3, -0.25) is 4.90 Å². The van der Waals surface area contributed by atoms with E-state index in [0.717, 1.165) is 31.8 Å². The number of hydrogen-bond donors (Lipinski definition) is 1. The van der Waals surface area contributed by atoms with Crippen LogP contribution >= 0.6 is 0 Å². The van der Waals surface area contributed by atoms with Crippen molar-refractivity contribution >= 4 is 0 Å². The van der Waals surface area contributed by atoms with E-state index in [2.05, 4.69) is 81.1 Å². The molecule has 28 heavy (non-hydrogen) atoms. The number of aryl methyl sites for hydroxylation is 2. The van der Waals surface area contributed by atoms with Gasteiger partial charge in [0, 0.05) is 0 Å². The Morgan fingerprint density at radius 2 is 1.71 bits per heavy atom. The number of nitrogens with two attached hydrogens (primary N) is 1. The first-order valence-electron chi connectivity index (χ1n) is 11.0. The molecule has 1 fully saturated rings. The van der Waals surface area contributed by atoms with Crippen molar-refractivity contribution in [3.05, 3.63) is 70.8 Å². The Morgan fingerprint density at radius 3 is 2.36 bits per heavy atom. The van der Waals surface area contributed by atoms with E-state index >= 15 is 0 Å². The summed E-state index contributed by atoms with van der Waals surface area (Å²) in [5.41, 5.74) is 12.6. The van der Waals surface area contributed by atoms with E-state index in [1.165, 1.54) is 41.5 Å². The third kappa shape index (κ3) is 5.68. The Balaban J connectivity index is 1.51. The topological polar surface area (TPSA) is 29.3 Å². The van der Waals surface area contributed by atoms with Crippen molar-refractivity contribution in [3.63, 3.8) is 0 Å². The summed E-state index contributed by atoms with van der Waals surface area (Å²) in [6, 6.07) is 17.8. The summed E-state index contributed by atoms with van der Waals surface area (Å²) in [4.78, 5) is 2.51. The Bertz CT molecular complexity index is 737. The fourth-order valence-electron chi connectivity index (χ4n) is 4.58. The van der Waals surface area contributed by atoms with Crippen LogP contribution in [0, 0.1) is 12.8 Å². The molecular formula is C26H38N2. The van der Waals surface area contributed by atoms with Gasteiger partial charge in [-0.15, -0.1) is 0 Å². The monoisotopic (exact) mass is 378 g/mol. The second kappa shape index (κ2) is 9.24. The van der Waals surface area contributed by atoms with Gasteiger partial charge in [-0.25, -0.2) is 0 Å². The van der Waals surface area contributed by atoms with Crippen molar-refractivity contribution in [2.45, 2.75) is 71.4 Å². The third-order valence-corrected chi connectivity index (χ3v) is 6.26. The lowest BCUT2D eigenvalue weighted by atomic mass is 9.82. The highest BCUT2D eigenvalue weighted by atomic mass is 15.2. The zero-order chi connectivity index (χ0) is 20.1. The summed E-state index contributed by atoms with van der Waals surface area (Å²) in [6.07, 6.45) is 6.02. The second-order valence-electron chi connectivity index (χ2n) is 9.69. The van der Waals surface area contributed by atoms with Crippen LogP contribution in [0.25, 0.3) is 0 Å². The molecule has 1 aliphatic rings. The molecule has 152 valence electrons. The summed E-state index contributed by atoms with van der Waals surface area (Å²) in [5.74, 6) is 0.801. The van der Waals surface area contributed by atoms with Crippen LogP contribution in [0.15, 0.2) is 48.5 Å². The predicted molar refractivity (Wildman–Crippen MR) is 121 cm³/mol. The maximum absolute atomic E-state index is 6.62. The van der Waals surface area contributed by atoms with Gasteiger partial charge in [0.1, 0.15) is 0 Å². The van der Waals surface area contributed by atoms with E-state index in [4.69, 9.17) is 5.73 Å². The van der Waals surface area contributed by atoms with Crippen LogP contribution in [0.5, 0.6) is 0 Å². The van der Waals surface area contributed by atoms with Crippen LogP contribution in [-0.2, 0) is 18.3 Å². The Kier molecular flexibility index (Phi) is 6.95. The van der Waals surface area contributed by atoms with Gasteiger partial charge >= 0.3 is 0 Å². The smallest absolute Gasteiger partial charge is 0.0574 e. The van der Waals surface area contributed by atoms with Crippen molar-refractivity contribution < 1.29 is 0 Å². The summed E-state index contributed by atoms with van der Waals surface area (Å²) in [5, 5.41) is 0. The summed E-state index contributed by atoms with van der Waals surface area (Å²) >= 11 is 0. The largest absolute Gasteiger partial charge is 0.316 e. The lowest BCUT2D eigenvalue weighted by Gasteiger charge is -2.36. The molecule has 1 saturated heterocycles. The maximum atomic E-state index is 6.62. The highest BCUT2D eigenvalue weighted by molar-refractivity contribution is 5.36. The van der Waals surface area contributed by atoms with Gasteiger partial charge in [-0.2, -0.15) is 0 Å². The van der Waals surface area contributed by atoms with Crippen LogP contribution in [0.1, 0.15) is 62.3 Å². The minimum atomic E-state index is 0.172. The van der Waals surface area contributed by atoms with Crippen molar-refractivity contribution in [2.75, 3.05) is 13.1 Å². The fourth-order valence-corrected chi connectivity index (χ4v) is 4.58. The molecule has 2 aromatic carbocycles. The van der Waals surface area contributed by atoms with Crippen LogP contribution in [0.4, 0.5) is 0 Å². The van der Waals surface area contributed by atoms with Gasteiger partial charge in [0.25, 0.3) is 0 Å². The first-order chi connectivity index (χ1) is 13.3. The number of piperidine rings is 1. The molecule has 2 N–H and O–H groups in total. The molecule has 1 atom stereocenters. The molecule has 0 aromatic heterocycles. The van der Waals surface area contributed by atoms with Crippen molar-refractivity contribution in [1.29, 1.82) is 0 Å². The zero-order valence-electron chi connectivity index (χ0n) is 18.2. The van der Waals surface area contributed by atoms with E-state index in [9.17, 15) is 0 Å². The SMILES string of the molecule is Cc1ccc(C(C)(C)C)c(CCC(N)N2CCC(Cc3ccccc3)CC2)c1. The van der Waals surface area contributed by atoms with Crippen LogP contribution in [0.3, 0.4) is 0 Å². The van der Waals surface area contributed by atoms with Crippen LogP contribution in [-0.4, -0.2) is 24.2 Å². The quantitative estimate of drug-likeness (QED) is 0.723. The summed E-state index contributed by atoms with van der Waals surface area (Å²) in [7, 11) is 0. The molecule has 2 nitrogen and oxygen atoms in total. The highest BCUT2D eigenvalue weighted by Gasteiger charge is 2.24. The molecule has 2 heteroatoms. The average molecular weight is 379 g/mol. The first-order valence-corrected chi connectivity index (χ1v) is 11.0. The summed E-state index contributed by atoms with van der Waals surface area (Å²) < 4.78 is 0. The fraction of sp³-hybridized carbons (Fsp3) is 0.538. The molecule has 2 aromatic rings. The Labute approximate surface area is 172 Å². The molecule has 0 radical (unpaired) electrons. The van der Waals surface area contributed by atoms with Gasteiger partial charge in [-0.05, 0) is 80.1 Å². The lowest BCUT2D eigenvalue weighted by molar-refractivity contribution is 0.129. The number of likely N-dealkylation sites (tertiary alicyclic amines) is 1. The molecule has 0 spiro atoms. The molecule has 0 amide bonds. The van der Waals surface area contributed by atoms with Crippen molar-refractivity contribution in [2.24, 2.45) is 11.7 Å². The molecule has 0 bridgehead atoms. The van der Waals surface area contributed by atoms with Gasteiger partial charge in [0.15, 0.2) is 0 Å². The van der Waals surface area contributed by atoms with Gasteiger partial charge in [0.05, 0.1) is 6.17 Å². The molecule has 1 unspecified atom stereocenters. The minimum Gasteiger partial charge on any atom is -0.316 e. The molecule has 1 aliphatic heterocycles. The second-order valence-corrected chi connectivity index (χ2v) is 9.69. The van der Waals surface area contributed by atoms with Gasteiger partial charge in [-0.1, -0.05) is 74.9 Å². The van der Waals surface area contributed by atoms with E-state index in [1.807, 2.05) is 0 Å². The zero-order valence-corrected chi connectivity index (χ0v) is 18.2. The Hall–Kier alpha value is -1.64. The maximum Gasteiger partial charge on any atom is 0.0574 e. The minimum absolute atomic E-state index is 0.172. The van der Waals surface area contributed by atoms with Crippen LogP contribution in [0.2, 0.25) is 0 Å². The van der Waals surface area contributed by atoms with E-state index < -0.39 is 0 Å². The number of rotatable bonds is 6. The van der Waals surface area contributed by atoms with Gasteiger partial charge < -0.3 is 5.73 Å². The van der Waals surface area contributed by atoms with E-state index in [-0.39, 0.29) is 11.6 Å². The number of nitrogens with zero attached hydrogens (tertiary/aromatic N) is 1. The molecular weight excluding hydrogens is 340 g/mol. The van der Waals surface area contributed by atoms with E-state index in [1.54, 1.807) is 0 Å². The first kappa shape index (κ1) is 21.1. The van der Waals surface area contributed by atoms with Gasteiger partial charge in [0.2, 0.25) is 0 Å². The molecule has 3 rings (SSSR count). The molecule has 0 saturated carbocycles. The Morgan fingerprint density at radius 1 is 1.04 bits per heavy atom. The number of benzene rings is 2. The third-order valence-electron chi connectivity index (χ3n) is 6.26. The van der Waals surface area contributed by atoms with Crippen molar-refractivity contribution in [1.82, 2.24) is 4.90 Å². The lowest BCUT2D eigenvalue weighted by Crippen LogP contribution is -2.46. The van der Waals surface area contributed by atoms with E-state index in [0.29, 0.717) is 0 Å². The average Bonchev–Trinajstić information content (AvgIpc) is 2.66. The molecule has 0 aliphatic carbocycles. The normalized spacial score (nSPS) is 17.6. The van der Waals surface area contributed by atoms with Crippen molar-refractivity contribution in [3.8, 4) is 0 Å². The standard InChI is InChI=1S/C26H38N2/c1-20-10-12-24(26(2,3)4)23(18-20)11-13-25(27)28-16-14-22(15-17-28)19-21-8-6-5-7-9-21/h5-10,12,18,22,25H,11,13-17,19,27H2,1-4H3. The summed E-state index contributed by atoms with van der Waals surface area (Å²) in [6.45, 7) is 11.4. The van der Waals surface area contributed by atoms with Crippen LogP contribution < -0.4 is 5.73 Å². The highest BCUT2D eigenvalue weighted by Crippen LogP contribution is 2.28. The predicted octanol–water partition coefficient (Wildman–Crippen LogP) is 5.46. The number of hydrogen-bond acceptors (Lipinski definition) is 2. The molecule has 1 heterocycles.